The van der Waals surface area contributed by atoms with Gasteiger partial charge >= 0.3 is 0 Å². The van der Waals surface area contributed by atoms with Crippen LogP contribution in [-0.4, -0.2) is 65.3 Å². The van der Waals surface area contributed by atoms with E-state index in [0.29, 0.717) is 38.4 Å². The molecule has 2 aromatic rings. The molecular weight excluding hydrogens is 430 g/mol. The van der Waals surface area contributed by atoms with Crippen LogP contribution in [0, 0.1) is 12.8 Å². The van der Waals surface area contributed by atoms with Gasteiger partial charge in [0.1, 0.15) is 0 Å². The second-order valence-electron chi connectivity index (χ2n) is 9.97. The molecule has 4 rings (SSSR count). The third kappa shape index (κ3) is 5.33. The molecule has 0 aliphatic carbocycles. The summed E-state index contributed by atoms with van der Waals surface area (Å²) in [6.45, 7) is 12.1. The number of nitrogens with zero attached hydrogens (tertiary/aromatic N) is 3. The smallest absolute Gasteiger partial charge is 0.223 e. The van der Waals surface area contributed by atoms with E-state index in [1.165, 1.54) is 21.6 Å². The molecule has 0 saturated carbocycles. The minimum atomic E-state index is 0.0806. The summed E-state index contributed by atoms with van der Waals surface area (Å²) in [7, 11) is 0. The molecule has 33 heavy (non-hydrogen) atoms. The number of amides is 2. The topological polar surface area (TPSA) is 43.9 Å². The highest BCUT2D eigenvalue weighted by molar-refractivity contribution is 7.10. The summed E-state index contributed by atoms with van der Waals surface area (Å²) in [5.41, 5.74) is 4.04. The molecule has 6 heteroatoms. The maximum absolute atomic E-state index is 13.1. The summed E-state index contributed by atoms with van der Waals surface area (Å²) in [5.74, 6) is 0.779. The SMILES string of the molecule is Cc1ccccc1[C@H]1c2ccsc2CCN1CCC(=O)N1CCN(C(=O)CC(C)C)[C@H](C)C1. The zero-order chi connectivity index (χ0) is 23.5. The van der Waals surface area contributed by atoms with Gasteiger partial charge in [0.25, 0.3) is 0 Å². The molecule has 1 fully saturated rings. The number of carbonyl (C=O) groups excluding carboxylic acids is 2. The lowest BCUT2D eigenvalue weighted by atomic mass is 9.90. The van der Waals surface area contributed by atoms with Crippen LogP contribution < -0.4 is 0 Å². The maximum Gasteiger partial charge on any atom is 0.223 e. The molecule has 0 unspecified atom stereocenters. The van der Waals surface area contributed by atoms with Gasteiger partial charge in [0, 0.05) is 56.5 Å². The Labute approximate surface area is 202 Å². The van der Waals surface area contributed by atoms with E-state index in [-0.39, 0.29) is 23.9 Å². The highest BCUT2D eigenvalue weighted by atomic mass is 32.1. The summed E-state index contributed by atoms with van der Waals surface area (Å²) in [5, 5.41) is 2.20. The van der Waals surface area contributed by atoms with Crippen LogP contribution in [0.5, 0.6) is 0 Å². The van der Waals surface area contributed by atoms with Gasteiger partial charge in [0.15, 0.2) is 0 Å². The van der Waals surface area contributed by atoms with Crippen molar-refractivity contribution >= 4 is 23.2 Å². The molecule has 0 radical (unpaired) electrons. The van der Waals surface area contributed by atoms with Crippen molar-refractivity contribution in [3.63, 3.8) is 0 Å². The first-order chi connectivity index (χ1) is 15.8. The number of thiophene rings is 1. The van der Waals surface area contributed by atoms with Crippen LogP contribution in [0.3, 0.4) is 0 Å². The van der Waals surface area contributed by atoms with E-state index in [2.05, 4.69) is 68.3 Å². The Morgan fingerprint density at radius 3 is 2.58 bits per heavy atom. The second kappa shape index (κ2) is 10.4. The fourth-order valence-corrected chi connectivity index (χ4v) is 6.19. The number of piperazine rings is 1. The van der Waals surface area contributed by atoms with Gasteiger partial charge in [-0.05, 0) is 54.3 Å². The maximum atomic E-state index is 13.1. The van der Waals surface area contributed by atoms with Crippen LogP contribution in [-0.2, 0) is 16.0 Å². The molecule has 2 atom stereocenters. The van der Waals surface area contributed by atoms with Gasteiger partial charge in [-0.15, -0.1) is 11.3 Å². The predicted molar refractivity (Wildman–Crippen MR) is 134 cm³/mol. The van der Waals surface area contributed by atoms with Gasteiger partial charge in [-0.1, -0.05) is 38.1 Å². The van der Waals surface area contributed by atoms with Gasteiger partial charge in [-0.3, -0.25) is 14.5 Å². The van der Waals surface area contributed by atoms with Gasteiger partial charge < -0.3 is 9.80 Å². The fourth-order valence-electron chi connectivity index (χ4n) is 5.29. The van der Waals surface area contributed by atoms with Gasteiger partial charge in [-0.25, -0.2) is 0 Å². The Balaban J connectivity index is 1.40. The van der Waals surface area contributed by atoms with E-state index in [4.69, 9.17) is 0 Å². The average molecular weight is 468 g/mol. The summed E-state index contributed by atoms with van der Waals surface area (Å²) >= 11 is 1.85. The Bertz CT molecular complexity index is 985. The quantitative estimate of drug-likeness (QED) is 0.628. The van der Waals surface area contributed by atoms with Crippen LogP contribution in [0.4, 0.5) is 0 Å². The Morgan fingerprint density at radius 1 is 1.06 bits per heavy atom. The molecule has 178 valence electrons. The summed E-state index contributed by atoms with van der Waals surface area (Å²) < 4.78 is 0. The van der Waals surface area contributed by atoms with Crippen molar-refractivity contribution < 1.29 is 9.59 Å². The highest BCUT2D eigenvalue weighted by Gasteiger charge is 2.33. The van der Waals surface area contributed by atoms with Crippen molar-refractivity contribution in [1.82, 2.24) is 14.7 Å². The fraction of sp³-hybridized carbons (Fsp3) is 0.556. The van der Waals surface area contributed by atoms with E-state index in [1.807, 2.05) is 21.1 Å². The molecular formula is C27H37N3O2S. The third-order valence-corrected chi connectivity index (χ3v) is 8.04. The molecule has 3 heterocycles. The normalized spacial score (nSPS) is 21.4. The van der Waals surface area contributed by atoms with Crippen molar-refractivity contribution in [3.8, 4) is 0 Å². The van der Waals surface area contributed by atoms with E-state index in [0.717, 1.165) is 19.5 Å². The van der Waals surface area contributed by atoms with E-state index >= 15 is 0 Å². The number of fused-ring (bicyclic) bond motifs is 1. The molecule has 0 spiro atoms. The van der Waals surface area contributed by atoms with Gasteiger partial charge in [-0.2, -0.15) is 0 Å². The number of aryl methyl sites for hydroxylation is 1. The van der Waals surface area contributed by atoms with Crippen molar-refractivity contribution in [1.29, 1.82) is 0 Å². The average Bonchev–Trinajstić information content (AvgIpc) is 3.26. The molecule has 1 saturated heterocycles. The molecule has 2 aliphatic rings. The molecule has 0 N–H and O–H groups in total. The number of benzene rings is 1. The first kappa shape index (κ1) is 24.0. The van der Waals surface area contributed by atoms with Gasteiger partial charge in [0.05, 0.1) is 6.04 Å². The highest BCUT2D eigenvalue weighted by Crippen LogP contribution is 2.38. The molecule has 0 bridgehead atoms. The van der Waals surface area contributed by atoms with E-state index < -0.39 is 0 Å². The largest absolute Gasteiger partial charge is 0.339 e. The number of carbonyl (C=O) groups is 2. The standard InChI is InChI=1S/C27H37N3O2S/c1-19(2)17-26(32)30-15-14-29(18-21(30)4)25(31)10-13-28-12-9-24-23(11-16-33-24)27(28)22-8-6-5-7-20(22)3/h5-8,11,16,19,21,27H,9-10,12-15,17-18H2,1-4H3/t21-,27+/m1/s1. The van der Waals surface area contributed by atoms with E-state index in [9.17, 15) is 9.59 Å². The lowest BCUT2D eigenvalue weighted by molar-refractivity contribution is -0.143. The van der Waals surface area contributed by atoms with Crippen molar-refractivity contribution in [2.24, 2.45) is 5.92 Å². The van der Waals surface area contributed by atoms with Crippen LogP contribution in [0.1, 0.15) is 61.2 Å². The molecule has 1 aromatic carbocycles. The lowest BCUT2D eigenvalue weighted by Crippen LogP contribution is -2.55. The Kier molecular flexibility index (Phi) is 7.55. The zero-order valence-corrected chi connectivity index (χ0v) is 21.2. The first-order valence-electron chi connectivity index (χ1n) is 12.3. The Hall–Kier alpha value is -2.18. The number of hydrogen-bond donors (Lipinski definition) is 0. The van der Waals surface area contributed by atoms with Crippen LogP contribution in [0.15, 0.2) is 35.7 Å². The van der Waals surface area contributed by atoms with Crippen molar-refractivity contribution in [3.05, 3.63) is 57.3 Å². The summed E-state index contributed by atoms with van der Waals surface area (Å²) in [4.78, 5) is 33.6. The molecule has 2 amide bonds. The van der Waals surface area contributed by atoms with Crippen molar-refractivity contribution in [2.75, 3.05) is 32.7 Å². The third-order valence-electron chi connectivity index (χ3n) is 7.05. The molecule has 2 aliphatic heterocycles. The van der Waals surface area contributed by atoms with E-state index in [1.54, 1.807) is 0 Å². The monoisotopic (exact) mass is 467 g/mol. The first-order valence-corrected chi connectivity index (χ1v) is 13.2. The molecule has 5 nitrogen and oxygen atoms in total. The number of hydrogen-bond acceptors (Lipinski definition) is 4. The minimum Gasteiger partial charge on any atom is -0.339 e. The second-order valence-corrected chi connectivity index (χ2v) is 11.0. The van der Waals surface area contributed by atoms with Gasteiger partial charge in [0.2, 0.25) is 11.8 Å². The number of rotatable bonds is 6. The summed E-state index contributed by atoms with van der Waals surface area (Å²) in [6, 6.07) is 11.2. The molecule has 1 aromatic heterocycles. The minimum absolute atomic E-state index is 0.0806. The van der Waals surface area contributed by atoms with Crippen LogP contribution >= 0.6 is 11.3 Å². The predicted octanol–water partition coefficient (Wildman–Crippen LogP) is 4.50. The van der Waals surface area contributed by atoms with Crippen molar-refractivity contribution in [2.45, 2.75) is 59.0 Å². The van der Waals surface area contributed by atoms with Crippen LogP contribution in [0.25, 0.3) is 0 Å². The zero-order valence-electron chi connectivity index (χ0n) is 20.4. The van der Waals surface area contributed by atoms with Crippen LogP contribution in [0.2, 0.25) is 0 Å². The lowest BCUT2D eigenvalue weighted by Gasteiger charge is -2.41. The Morgan fingerprint density at radius 2 is 1.85 bits per heavy atom. The summed E-state index contributed by atoms with van der Waals surface area (Å²) in [6.07, 6.45) is 2.16.